The number of carbonyl (C=O) groups excluding carboxylic acids is 1. The maximum atomic E-state index is 11.7. The highest BCUT2D eigenvalue weighted by molar-refractivity contribution is 6.60. The van der Waals surface area contributed by atoms with Crippen LogP contribution in [0.2, 0.25) is 6.04 Å². The maximum absolute atomic E-state index is 11.7. The number of nitrogens with one attached hydrogen (secondary N) is 1. The van der Waals surface area contributed by atoms with Crippen LogP contribution in [-0.4, -0.2) is 53.8 Å². The van der Waals surface area contributed by atoms with Crippen molar-refractivity contribution in [1.82, 2.24) is 5.32 Å². The van der Waals surface area contributed by atoms with Crippen LogP contribution in [0.4, 0.5) is 0 Å². The first-order valence-electron chi connectivity index (χ1n) is 8.40. The minimum atomic E-state index is -2.58. The van der Waals surface area contributed by atoms with Crippen molar-refractivity contribution in [3.05, 3.63) is 0 Å². The average Bonchev–Trinajstić information content (AvgIpc) is 2.48. The Bertz CT molecular complexity index is 274. The van der Waals surface area contributed by atoms with Gasteiger partial charge in [0.2, 0.25) is 0 Å². The van der Waals surface area contributed by atoms with Crippen LogP contribution in [0.5, 0.6) is 0 Å². The molecule has 0 bridgehead atoms. The zero-order chi connectivity index (χ0) is 16.8. The Morgan fingerprint density at radius 1 is 0.955 bits per heavy atom. The second-order valence-corrected chi connectivity index (χ2v) is 7.48. The number of esters is 1. The van der Waals surface area contributed by atoms with Crippen molar-refractivity contribution in [3.63, 3.8) is 0 Å². The first-order valence-corrected chi connectivity index (χ1v) is 10.3. The molecule has 1 N–H and O–H groups in total. The van der Waals surface area contributed by atoms with Gasteiger partial charge in [0.15, 0.2) is 0 Å². The molecular formula is C15H33NO5Si. The molecule has 0 radical (unpaired) electrons. The van der Waals surface area contributed by atoms with Crippen LogP contribution >= 0.6 is 0 Å². The molecule has 0 saturated heterocycles. The van der Waals surface area contributed by atoms with Crippen LogP contribution in [-0.2, 0) is 22.8 Å². The lowest BCUT2D eigenvalue weighted by Gasteiger charge is -2.28. The van der Waals surface area contributed by atoms with Gasteiger partial charge in [0.05, 0.1) is 6.61 Å². The standard InChI is InChI=1S/C15H33NO5Si/c1-6-14(15(17)18-7-2)16-12-11-13-22(19-8-3,20-9-4)21-10-5/h14,16H,6-13H2,1-5H3. The van der Waals surface area contributed by atoms with Crippen LogP contribution in [0, 0.1) is 0 Å². The Hall–Kier alpha value is -0.473. The van der Waals surface area contributed by atoms with E-state index in [1.165, 1.54) is 0 Å². The van der Waals surface area contributed by atoms with Gasteiger partial charge < -0.3 is 23.3 Å². The second kappa shape index (κ2) is 13.0. The summed E-state index contributed by atoms with van der Waals surface area (Å²) in [5.74, 6) is -0.187. The largest absolute Gasteiger partial charge is 0.500 e. The number of rotatable bonds is 14. The zero-order valence-electron chi connectivity index (χ0n) is 14.8. The third-order valence-electron chi connectivity index (χ3n) is 3.12. The van der Waals surface area contributed by atoms with E-state index in [1.807, 2.05) is 34.6 Å². The minimum Gasteiger partial charge on any atom is -0.465 e. The van der Waals surface area contributed by atoms with E-state index in [4.69, 9.17) is 18.0 Å². The molecule has 132 valence electrons. The molecule has 0 aromatic rings. The Kier molecular flexibility index (Phi) is 12.7. The molecular weight excluding hydrogens is 302 g/mol. The molecule has 0 aliphatic heterocycles. The van der Waals surface area contributed by atoms with Crippen molar-refractivity contribution in [2.24, 2.45) is 0 Å². The highest BCUT2D eigenvalue weighted by Gasteiger charge is 2.39. The highest BCUT2D eigenvalue weighted by atomic mass is 28.4. The summed E-state index contributed by atoms with van der Waals surface area (Å²) in [5, 5.41) is 3.23. The third-order valence-corrected chi connectivity index (χ3v) is 6.27. The number of hydrogen-bond donors (Lipinski definition) is 1. The highest BCUT2D eigenvalue weighted by Crippen LogP contribution is 2.17. The summed E-state index contributed by atoms with van der Waals surface area (Å²) in [6.07, 6.45) is 1.55. The summed E-state index contributed by atoms with van der Waals surface area (Å²) in [5.41, 5.74) is 0. The van der Waals surface area contributed by atoms with E-state index < -0.39 is 8.80 Å². The summed E-state index contributed by atoms with van der Waals surface area (Å²) in [7, 11) is -2.58. The predicted molar refractivity (Wildman–Crippen MR) is 88.8 cm³/mol. The Labute approximate surface area is 136 Å². The van der Waals surface area contributed by atoms with Crippen molar-refractivity contribution in [3.8, 4) is 0 Å². The molecule has 22 heavy (non-hydrogen) atoms. The second-order valence-electron chi connectivity index (χ2n) is 4.75. The third kappa shape index (κ3) is 8.24. The van der Waals surface area contributed by atoms with Crippen LogP contribution < -0.4 is 5.32 Å². The van der Waals surface area contributed by atoms with Gasteiger partial charge in [-0.05, 0) is 47.1 Å². The smallest absolute Gasteiger partial charge is 0.465 e. The van der Waals surface area contributed by atoms with Gasteiger partial charge in [-0.1, -0.05) is 6.92 Å². The molecule has 1 unspecified atom stereocenters. The summed E-state index contributed by atoms with van der Waals surface area (Å²) < 4.78 is 22.5. The molecule has 0 heterocycles. The lowest BCUT2D eigenvalue weighted by atomic mass is 10.2. The van der Waals surface area contributed by atoms with E-state index >= 15 is 0 Å². The van der Waals surface area contributed by atoms with Crippen molar-refractivity contribution >= 4 is 14.8 Å². The molecule has 0 fully saturated rings. The number of ether oxygens (including phenoxy) is 1. The lowest BCUT2D eigenvalue weighted by molar-refractivity contribution is -0.145. The normalized spacial score (nSPS) is 13.1. The van der Waals surface area contributed by atoms with Crippen molar-refractivity contribution in [1.29, 1.82) is 0 Å². The molecule has 0 aromatic carbocycles. The van der Waals surface area contributed by atoms with Gasteiger partial charge in [0.25, 0.3) is 0 Å². The first-order chi connectivity index (χ1) is 10.6. The monoisotopic (exact) mass is 335 g/mol. The summed E-state index contributed by atoms with van der Waals surface area (Å²) in [6.45, 7) is 12.5. The number of carbonyl (C=O) groups is 1. The van der Waals surface area contributed by atoms with Crippen molar-refractivity contribution in [2.45, 2.75) is 59.5 Å². The fourth-order valence-electron chi connectivity index (χ4n) is 2.22. The summed E-state index contributed by atoms with van der Waals surface area (Å²) in [4.78, 5) is 11.7. The van der Waals surface area contributed by atoms with Gasteiger partial charge >= 0.3 is 14.8 Å². The van der Waals surface area contributed by atoms with Gasteiger partial charge in [-0.15, -0.1) is 0 Å². The minimum absolute atomic E-state index is 0.187. The first kappa shape index (κ1) is 21.5. The molecule has 0 saturated carbocycles. The molecule has 1 atom stereocenters. The lowest BCUT2D eigenvalue weighted by Crippen LogP contribution is -2.46. The molecule has 0 aliphatic rings. The topological polar surface area (TPSA) is 66.0 Å². The molecule has 0 rings (SSSR count). The van der Waals surface area contributed by atoms with Gasteiger partial charge in [-0.3, -0.25) is 4.79 Å². The van der Waals surface area contributed by atoms with Crippen LogP contribution in [0.15, 0.2) is 0 Å². The van der Waals surface area contributed by atoms with E-state index in [-0.39, 0.29) is 12.0 Å². The SMILES string of the molecule is CCOC(=O)C(CC)NCCC[Si](OCC)(OCC)OCC. The Balaban J connectivity index is 4.33. The molecule has 0 amide bonds. The van der Waals surface area contributed by atoms with E-state index in [2.05, 4.69) is 5.32 Å². The molecule has 0 spiro atoms. The Morgan fingerprint density at radius 3 is 1.91 bits per heavy atom. The van der Waals surface area contributed by atoms with Crippen molar-refractivity contribution < 1.29 is 22.8 Å². The molecule has 6 nitrogen and oxygen atoms in total. The van der Waals surface area contributed by atoms with E-state index in [0.717, 1.165) is 12.5 Å². The predicted octanol–water partition coefficient (Wildman–Crippen LogP) is 2.36. The van der Waals surface area contributed by atoms with Crippen LogP contribution in [0.1, 0.15) is 47.5 Å². The van der Waals surface area contributed by atoms with E-state index in [0.29, 0.717) is 39.4 Å². The quantitative estimate of drug-likeness (QED) is 0.299. The molecule has 0 aliphatic carbocycles. The fraction of sp³-hybridized carbons (Fsp3) is 0.933. The number of hydrogen-bond acceptors (Lipinski definition) is 6. The van der Waals surface area contributed by atoms with Gasteiger partial charge in [-0.25, -0.2) is 0 Å². The fourth-order valence-corrected chi connectivity index (χ4v) is 4.83. The average molecular weight is 336 g/mol. The van der Waals surface area contributed by atoms with Gasteiger partial charge in [-0.2, -0.15) is 0 Å². The van der Waals surface area contributed by atoms with Gasteiger partial charge in [0, 0.05) is 25.9 Å². The zero-order valence-corrected chi connectivity index (χ0v) is 15.8. The van der Waals surface area contributed by atoms with Gasteiger partial charge in [0.1, 0.15) is 6.04 Å². The summed E-state index contributed by atoms with van der Waals surface area (Å²) >= 11 is 0. The maximum Gasteiger partial charge on any atom is 0.500 e. The van der Waals surface area contributed by atoms with Crippen LogP contribution in [0.25, 0.3) is 0 Å². The van der Waals surface area contributed by atoms with E-state index in [9.17, 15) is 4.79 Å². The molecule has 7 heteroatoms. The van der Waals surface area contributed by atoms with Crippen molar-refractivity contribution in [2.75, 3.05) is 33.0 Å². The van der Waals surface area contributed by atoms with E-state index in [1.54, 1.807) is 0 Å². The van der Waals surface area contributed by atoms with Crippen LogP contribution in [0.3, 0.4) is 0 Å². The Morgan fingerprint density at radius 2 is 1.50 bits per heavy atom. The summed E-state index contributed by atoms with van der Waals surface area (Å²) in [6, 6.07) is 0.497. The molecule has 0 aromatic heterocycles.